The van der Waals surface area contributed by atoms with Crippen LogP contribution in [0.25, 0.3) is 0 Å². The molecular weight excluding hydrogens is 154 g/mol. The maximum Gasteiger partial charge on any atom is 0.240 e. The molecule has 3 N–H and O–H groups in total. The van der Waals surface area contributed by atoms with Crippen molar-refractivity contribution in [2.45, 2.75) is 32.5 Å². The second-order valence-electron chi connectivity index (χ2n) is 3.30. The zero-order valence-corrected chi connectivity index (χ0v) is 7.71. The molecular formula is C8H17N3O. The van der Waals surface area contributed by atoms with E-state index in [9.17, 15) is 4.79 Å². The van der Waals surface area contributed by atoms with Gasteiger partial charge in [0.05, 0.1) is 12.2 Å². The van der Waals surface area contributed by atoms with Crippen molar-refractivity contribution >= 4 is 5.91 Å². The number of nitrogens with two attached hydrogens (primary N) is 1. The van der Waals surface area contributed by atoms with Crippen molar-refractivity contribution in [3.63, 3.8) is 0 Å². The van der Waals surface area contributed by atoms with Crippen LogP contribution in [-0.2, 0) is 4.79 Å². The molecule has 1 rings (SSSR count). The van der Waals surface area contributed by atoms with Crippen LogP contribution < -0.4 is 11.1 Å². The molecule has 1 saturated heterocycles. The molecule has 0 saturated carbocycles. The van der Waals surface area contributed by atoms with Crippen LogP contribution in [0.1, 0.15) is 20.3 Å². The molecule has 1 aliphatic rings. The fraction of sp³-hybridized carbons (Fsp3) is 0.875. The van der Waals surface area contributed by atoms with Gasteiger partial charge >= 0.3 is 0 Å². The van der Waals surface area contributed by atoms with Gasteiger partial charge in [0.25, 0.3) is 0 Å². The van der Waals surface area contributed by atoms with E-state index in [1.165, 1.54) is 0 Å². The molecule has 1 heterocycles. The van der Waals surface area contributed by atoms with Crippen molar-refractivity contribution in [1.29, 1.82) is 0 Å². The Labute approximate surface area is 73.1 Å². The average Bonchev–Trinajstić information content (AvgIpc) is 2.15. The van der Waals surface area contributed by atoms with Gasteiger partial charge in [-0.3, -0.25) is 4.79 Å². The van der Waals surface area contributed by atoms with Gasteiger partial charge in [-0.2, -0.15) is 0 Å². The molecule has 0 bridgehead atoms. The summed E-state index contributed by atoms with van der Waals surface area (Å²) in [6.45, 7) is 5.39. The van der Waals surface area contributed by atoms with E-state index in [4.69, 9.17) is 5.73 Å². The molecule has 4 heteroatoms. The lowest BCUT2D eigenvalue weighted by Gasteiger charge is -2.26. The Balaban J connectivity index is 2.64. The lowest BCUT2D eigenvalue weighted by molar-refractivity contribution is -0.134. The van der Waals surface area contributed by atoms with Crippen LogP contribution in [0.3, 0.4) is 0 Å². The van der Waals surface area contributed by atoms with Gasteiger partial charge < -0.3 is 16.0 Å². The molecule has 0 aromatic rings. The van der Waals surface area contributed by atoms with E-state index >= 15 is 0 Å². The Morgan fingerprint density at radius 1 is 1.75 bits per heavy atom. The molecule has 2 unspecified atom stereocenters. The predicted molar refractivity (Wildman–Crippen MR) is 47.4 cm³/mol. The molecule has 0 aliphatic carbocycles. The van der Waals surface area contributed by atoms with E-state index < -0.39 is 0 Å². The number of hydrogen-bond donors (Lipinski definition) is 2. The summed E-state index contributed by atoms with van der Waals surface area (Å²) in [6.07, 6.45) is 0.817. The molecule has 0 radical (unpaired) electrons. The van der Waals surface area contributed by atoms with E-state index in [0.717, 1.165) is 19.5 Å². The van der Waals surface area contributed by atoms with Gasteiger partial charge in [0.1, 0.15) is 0 Å². The highest BCUT2D eigenvalue weighted by Crippen LogP contribution is 2.03. The summed E-state index contributed by atoms with van der Waals surface area (Å²) in [5.41, 5.74) is 5.67. The topological polar surface area (TPSA) is 58.4 Å². The Morgan fingerprint density at radius 2 is 2.42 bits per heavy atom. The summed E-state index contributed by atoms with van der Waals surface area (Å²) in [5, 5.41) is 3.13. The van der Waals surface area contributed by atoms with Crippen LogP contribution in [0.4, 0.5) is 0 Å². The third-order valence-corrected chi connectivity index (χ3v) is 2.17. The maximum absolute atomic E-state index is 11.6. The quantitative estimate of drug-likeness (QED) is 0.559. The highest BCUT2D eigenvalue weighted by atomic mass is 16.2. The van der Waals surface area contributed by atoms with Crippen LogP contribution in [-0.4, -0.2) is 36.1 Å². The molecule has 1 fully saturated rings. The fourth-order valence-corrected chi connectivity index (χ4v) is 1.42. The fourth-order valence-electron chi connectivity index (χ4n) is 1.42. The normalized spacial score (nSPS) is 28.4. The smallest absolute Gasteiger partial charge is 0.240 e. The van der Waals surface area contributed by atoms with E-state index in [1.54, 1.807) is 4.90 Å². The molecule has 0 aromatic heterocycles. The van der Waals surface area contributed by atoms with Gasteiger partial charge in [0.15, 0.2) is 0 Å². The van der Waals surface area contributed by atoms with Crippen molar-refractivity contribution in [2.75, 3.05) is 13.1 Å². The Kier molecular flexibility index (Phi) is 3.05. The molecule has 0 spiro atoms. The first kappa shape index (κ1) is 9.48. The molecule has 70 valence electrons. The SMILES string of the molecule is CC1NCCCN(C(C)N)C1=O. The van der Waals surface area contributed by atoms with Crippen molar-refractivity contribution < 1.29 is 4.79 Å². The van der Waals surface area contributed by atoms with Gasteiger partial charge in [-0.1, -0.05) is 0 Å². The standard InChI is InChI=1S/C8H17N3O/c1-6-8(12)11(7(2)9)5-3-4-10-6/h6-7,10H,3-5,9H2,1-2H3. The average molecular weight is 171 g/mol. The molecule has 0 aromatic carbocycles. The minimum Gasteiger partial charge on any atom is -0.326 e. The molecule has 4 nitrogen and oxygen atoms in total. The van der Waals surface area contributed by atoms with Crippen LogP contribution in [0.15, 0.2) is 0 Å². The lowest BCUT2D eigenvalue weighted by Crippen LogP contribution is -2.49. The number of rotatable bonds is 1. The van der Waals surface area contributed by atoms with Gasteiger partial charge in [0.2, 0.25) is 5.91 Å². The highest BCUT2D eigenvalue weighted by Gasteiger charge is 2.24. The monoisotopic (exact) mass is 171 g/mol. The van der Waals surface area contributed by atoms with Crippen LogP contribution in [0.5, 0.6) is 0 Å². The van der Waals surface area contributed by atoms with Gasteiger partial charge in [-0.25, -0.2) is 0 Å². The summed E-state index contributed by atoms with van der Waals surface area (Å²) in [4.78, 5) is 13.3. The first-order valence-electron chi connectivity index (χ1n) is 4.42. The predicted octanol–water partition coefficient (Wildman–Crippen LogP) is -0.498. The number of carbonyl (C=O) groups excluding carboxylic acids is 1. The second kappa shape index (κ2) is 3.87. The Bertz CT molecular complexity index is 170. The molecule has 12 heavy (non-hydrogen) atoms. The summed E-state index contributed by atoms with van der Waals surface area (Å²) >= 11 is 0. The summed E-state index contributed by atoms with van der Waals surface area (Å²) < 4.78 is 0. The van der Waals surface area contributed by atoms with E-state index in [0.29, 0.717) is 0 Å². The van der Waals surface area contributed by atoms with Crippen molar-refractivity contribution in [3.8, 4) is 0 Å². The lowest BCUT2D eigenvalue weighted by atomic mass is 10.3. The molecule has 1 aliphatic heterocycles. The van der Waals surface area contributed by atoms with Crippen molar-refractivity contribution in [3.05, 3.63) is 0 Å². The van der Waals surface area contributed by atoms with E-state index in [2.05, 4.69) is 5.32 Å². The van der Waals surface area contributed by atoms with Crippen LogP contribution >= 0.6 is 0 Å². The van der Waals surface area contributed by atoms with Crippen molar-refractivity contribution in [1.82, 2.24) is 10.2 Å². The number of nitrogens with one attached hydrogen (secondary N) is 1. The van der Waals surface area contributed by atoms with Crippen LogP contribution in [0, 0.1) is 0 Å². The first-order valence-corrected chi connectivity index (χ1v) is 4.42. The summed E-state index contributed by atoms with van der Waals surface area (Å²) in [7, 11) is 0. The minimum atomic E-state index is -0.167. The van der Waals surface area contributed by atoms with Gasteiger partial charge in [0, 0.05) is 6.54 Å². The zero-order chi connectivity index (χ0) is 9.14. The molecule has 2 atom stereocenters. The third kappa shape index (κ3) is 1.95. The number of hydrogen-bond acceptors (Lipinski definition) is 3. The van der Waals surface area contributed by atoms with Gasteiger partial charge in [-0.15, -0.1) is 0 Å². The minimum absolute atomic E-state index is 0.0847. The maximum atomic E-state index is 11.6. The number of carbonyl (C=O) groups is 1. The Morgan fingerprint density at radius 3 is 3.00 bits per heavy atom. The van der Waals surface area contributed by atoms with Crippen molar-refractivity contribution in [2.24, 2.45) is 5.73 Å². The third-order valence-electron chi connectivity index (χ3n) is 2.17. The zero-order valence-electron chi connectivity index (χ0n) is 7.71. The number of amides is 1. The van der Waals surface area contributed by atoms with E-state index in [1.807, 2.05) is 13.8 Å². The highest BCUT2D eigenvalue weighted by molar-refractivity contribution is 5.81. The largest absolute Gasteiger partial charge is 0.326 e. The van der Waals surface area contributed by atoms with Gasteiger partial charge in [-0.05, 0) is 26.8 Å². The summed E-state index contributed by atoms with van der Waals surface area (Å²) in [6, 6.07) is -0.0847. The number of nitrogens with zero attached hydrogens (tertiary/aromatic N) is 1. The molecule has 1 amide bonds. The Hall–Kier alpha value is -0.610. The second-order valence-corrected chi connectivity index (χ2v) is 3.30. The summed E-state index contributed by atoms with van der Waals surface area (Å²) in [5.74, 6) is 0.113. The first-order chi connectivity index (χ1) is 5.63. The van der Waals surface area contributed by atoms with Crippen LogP contribution in [0.2, 0.25) is 0 Å². The van der Waals surface area contributed by atoms with E-state index in [-0.39, 0.29) is 18.1 Å².